The molecule has 0 saturated heterocycles. The molecule has 0 amide bonds. The van der Waals surface area contributed by atoms with Gasteiger partial charge in [0.2, 0.25) is 0 Å². The van der Waals surface area contributed by atoms with Crippen LogP contribution >= 0.6 is 0 Å². The van der Waals surface area contributed by atoms with Crippen molar-refractivity contribution in [2.75, 3.05) is 27.9 Å². The molecule has 4 heteroatoms. The van der Waals surface area contributed by atoms with Crippen molar-refractivity contribution in [3.05, 3.63) is 23.8 Å². The number of benzene rings is 1. The van der Waals surface area contributed by atoms with Crippen molar-refractivity contribution in [3.63, 3.8) is 0 Å². The number of hydrogen-bond donors (Lipinski definition) is 1. The molecule has 0 aromatic heterocycles. The Labute approximate surface area is 96.3 Å². The Morgan fingerprint density at radius 2 is 1.94 bits per heavy atom. The molecule has 2 N–H and O–H groups in total. The van der Waals surface area contributed by atoms with E-state index in [-0.39, 0.29) is 6.10 Å². The fourth-order valence-electron chi connectivity index (χ4n) is 1.64. The van der Waals surface area contributed by atoms with Gasteiger partial charge in [-0.3, -0.25) is 0 Å². The van der Waals surface area contributed by atoms with E-state index in [2.05, 4.69) is 0 Å². The van der Waals surface area contributed by atoms with Crippen molar-refractivity contribution in [1.29, 1.82) is 0 Å². The molecule has 0 aliphatic heterocycles. The number of methoxy groups -OCH3 is 3. The van der Waals surface area contributed by atoms with Gasteiger partial charge in [0, 0.05) is 12.7 Å². The summed E-state index contributed by atoms with van der Waals surface area (Å²) in [5, 5.41) is 0. The van der Waals surface area contributed by atoms with Crippen molar-refractivity contribution in [1.82, 2.24) is 0 Å². The highest BCUT2D eigenvalue weighted by Gasteiger charge is 2.15. The molecule has 4 nitrogen and oxygen atoms in total. The minimum absolute atomic E-state index is 0.0601. The van der Waals surface area contributed by atoms with E-state index in [0.717, 1.165) is 23.5 Å². The van der Waals surface area contributed by atoms with Gasteiger partial charge in [-0.05, 0) is 31.2 Å². The van der Waals surface area contributed by atoms with Crippen LogP contribution in [-0.4, -0.2) is 27.9 Å². The van der Waals surface area contributed by atoms with Crippen LogP contribution in [0.25, 0.3) is 0 Å². The fraction of sp³-hybridized carbons (Fsp3) is 0.500. The summed E-state index contributed by atoms with van der Waals surface area (Å²) in [4.78, 5) is 0. The lowest BCUT2D eigenvalue weighted by molar-refractivity contribution is 0.0951. The molecule has 0 bridgehead atoms. The van der Waals surface area contributed by atoms with Crippen molar-refractivity contribution >= 4 is 0 Å². The molecule has 0 spiro atoms. The van der Waals surface area contributed by atoms with Crippen molar-refractivity contribution in [2.24, 2.45) is 5.73 Å². The maximum Gasteiger partial charge on any atom is 0.124 e. The third-order valence-corrected chi connectivity index (χ3v) is 2.50. The Hall–Kier alpha value is -1.26. The van der Waals surface area contributed by atoms with E-state index >= 15 is 0 Å². The van der Waals surface area contributed by atoms with Gasteiger partial charge in [0.05, 0.1) is 20.3 Å². The van der Waals surface area contributed by atoms with Crippen LogP contribution in [0.15, 0.2) is 18.2 Å². The predicted molar refractivity (Wildman–Crippen MR) is 63.0 cm³/mol. The molecule has 0 fully saturated rings. The van der Waals surface area contributed by atoms with Gasteiger partial charge in [0.15, 0.2) is 0 Å². The molecule has 0 saturated carbocycles. The Bertz CT molecular complexity index is 328. The number of rotatable bonds is 6. The van der Waals surface area contributed by atoms with E-state index in [1.807, 2.05) is 18.2 Å². The van der Waals surface area contributed by atoms with Gasteiger partial charge in [0.1, 0.15) is 11.5 Å². The average Bonchev–Trinajstić information content (AvgIpc) is 2.35. The maximum absolute atomic E-state index is 5.55. The molecule has 1 aromatic carbocycles. The van der Waals surface area contributed by atoms with Crippen LogP contribution in [0.1, 0.15) is 18.1 Å². The van der Waals surface area contributed by atoms with Crippen LogP contribution in [0, 0.1) is 0 Å². The second-order valence-corrected chi connectivity index (χ2v) is 3.41. The predicted octanol–water partition coefficient (Wildman–Crippen LogP) is 1.74. The third kappa shape index (κ3) is 2.87. The summed E-state index contributed by atoms with van der Waals surface area (Å²) in [5.41, 5.74) is 6.52. The normalized spacial score (nSPS) is 12.2. The van der Waals surface area contributed by atoms with E-state index in [0.29, 0.717) is 6.54 Å². The third-order valence-electron chi connectivity index (χ3n) is 2.50. The molecule has 0 aliphatic carbocycles. The molecule has 0 heterocycles. The SMILES string of the molecule is COc1ccc(OC)c(C(CCN)OC)c1. The zero-order valence-corrected chi connectivity index (χ0v) is 10.0. The van der Waals surface area contributed by atoms with Crippen LogP contribution < -0.4 is 15.2 Å². The topological polar surface area (TPSA) is 53.7 Å². The molecule has 90 valence electrons. The molecular formula is C12H19NO3. The molecule has 0 aliphatic rings. The Balaban J connectivity index is 3.05. The number of hydrogen-bond acceptors (Lipinski definition) is 4. The molecule has 1 atom stereocenters. The van der Waals surface area contributed by atoms with Crippen LogP contribution in [-0.2, 0) is 4.74 Å². The van der Waals surface area contributed by atoms with Gasteiger partial charge < -0.3 is 19.9 Å². The van der Waals surface area contributed by atoms with Crippen molar-refractivity contribution in [2.45, 2.75) is 12.5 Å². The molecule has 1 rings (SSSR count). The van der Waals surface area contributed by atoms with E-state index in [1.165, 1.54) is 0 Å². The highest BCUT2D eigenvalue weighted by molar-refractivity contribution is 5.41. The first-order chi connectivity index (χ1) is 7.76. The largest absolute Gasteiger partial charge is 0.497 e. The summed E-state index contributed by atoms with van der Waals surface area (Å²) in [6, 6.07) is 5.65. The first-order valence-electron chi connectivity index (χ1n) is 5.21. The van der Waals surface area contributed by atoms with Gasteiger partial charge in [-0.15, -0.1) is 0 Å². The standard InChI is InChI=1S/C12H19NO3/c1-14-9-4-5-11(15-2)10(8-9)12(16-3)6-7-13/h4-5,8,12H,6-7,13H2,1-3H3. The van der Waals surface area contributed by atoms with Gasteiger partial charge in [-0.1, -0.05) is 0 Å². The summed E-state index contributed by atoms with van der Waals surface area (Å²) in [6.45, 7) is 0.568. The fourth-order valence-corrected chi connectivity index (χ4v) is 1.64. The quantitative estimate of drug-likeness (QED) is 0.801. The molecule has 16 heavy (non-hydrogen) atoms. The highest BCUT2D eigenvalue weighted by Crippen LogP contribution is 2.32. The van der Waals surface area contributed by atoms with Gasteiger partial charge in [0.25, 0.3) is 0 Å². The first-order valence-corrected chi connectivity index (χ1v) is 5.21. The smallest absolute Gasteiger partial charge is 0.124 e. The summed E-state index contributed by atoms with van der Waals surface area (Å²) in [6.07, 6.45) is 0.690. The molecule has 1 aromatic rings. The summed E-state index contributed by atoms with van der Waals surface area (Å²) in [5.74, 6) is 1.58. The van der Waals surface area contributed by atoms with Crippen LogP contribution in [0.2, 0.25) is 0 Å². The maximum atomic E-state index is 5.55. The van der Waals surface area contributed by atoms with E-state index in [4.69, 9.17) is 19.9 Å². The van der Waals surface area contributed by atoms with E-state index < -0.39 is 0 Å². The minimum Gasteiger partial charge on any atom is -0.497 e. The van der Waals surface area contributed by atoms with Crippen LogP contribution in [0.3, 0.4) is 0 Å². The summed E-state index contributed by atoms with van der Waals surface area (Å²) < 4.78 is 15.9. The van der Waals surface area contributed by atoms with E-state index in [1.54, 1.807) is 21.3 Å². The van der Waals surface area contributed by atoms with Gasteiger partial charge >= 0.3 is 0 Å². The zero-order chi connectivity index (χ0) is 12.0. The second kappa shape index (κ2) is 6.35. The zero-order valence-electron chi connectivity index (χ0n) is 10.0. The monoisotopic (exact) mass is 225 g/mol. The molecule has 1 unspecified atom stereocenters. The van der Waals surface area contributed by atoms with Crippen molar-refractivity contribution in [3.8, 4) is 11.5 Å². The first kappa shape index (κ1) is 12.8. The van der Waals surface area contributed by atoms with Gasteiger partial charge in [-0.2, -0.15) is 0 Å². The Morgan fingerprint density at radius 1 is 1.19 bits per heavy atom. The summed E-state index contributed by atoms with van der Waals surface area (Å²) >= 11 is 0. The Kier molecular flexibility index (Phi) is 5.08. The summed E-state index contributed by atoms with van der Waals surface area (Å²) in [7, 11) is 4.94. The van der Waals surface area contributed by atoms with Crippen molar-refractivity contribution < 1.29 is 14.2 Å². The molecule has 0 radical (unpaired) electrons. The van der Waals surface area contributed by atoms with E-state index in [9.17, 15) is 0 Å². The molecular weight excluding hydrogens is 206 g/mol. The Morgan fingerprint density at radius 3 is 2.44 bits per heavy atom. The lowest BCUT2D eigenvalue weighted by atomic mass is 10.0. The van der Waals surface area contributed by atoms with Gasteiger partial charge in [-0.25, -0.2) is 0 Å². The lowest BCUT2D eigenvalue weighted by Gasteiger charge is -2.18. The average molecular weight is 225 g/mol. The number of nitrogens with two attached hydrogens (primary N) is 1. The number of ether oxygens (including phenoxy) is 3. The second-order valence-electron chi connectivity index (χ2n) is 3.41. The highest BCUT2D eigenvalue weighted by atomic mass is 16.5. The minimum atomic E-state index is -0.0601. The van der Waals surface area contributed by atoms with Crippen LogP contribution in [0.4, 0.5) is 0 Å². The lowest BCUT2D eigenvalue weighted by Crippen LogP contribution is -2.10. The van der Waals surface area contributed by atoms with Crippen LogP contribution in [0.5, 0.6) is 11.5 Å².